The van der Waals surface area contributed by atoms with Gasteiger partial charge in [-0.15, -0.1) is 0 Å². The third-order valence-corrected chi connectivity index (χ3v) is 3.68. The largest absolute Gasteiger partial charge is 0.403 e. The first-order chi connectivity index (χ1) is 8.97. The number of piperidine rings is 1. The molecule has 0 radical (unpaired) electrons. The van der Waals surface area contributed by atoms with Gasteiger partial charge in [-0.25, -0.2) is 0 Å². The Morgan fingerprint density at radius 1 is 1.26 bits per heavy atom. The van der Waals surface area contributed by atoms with Gasteiger partial charge in [-0.3, -0.25) is 4.90 Å². The van der Waals surface area contributed by atoms with Crippen LogP contribution in [0.4, 0.5) is 13.2 Å². The quantitative estimate of drug-likeness (QED) is 0.916. The molecule has 1 aromatic carbocycles. The first-order valence-corrected chi connectivity index (χ1v) is 6.55. The standard InChI is InChI=1S/C14H19F3N2/c15-14(16,17)13(18)12-7-4-8-19(10-12)9-11-5-2-1-3-6-11/h1-3,5-6,12-13H,4,7-10,18H2. The summed E-state index contributed by atoms with van der Waals surface area (Å²) in [5.41, 5.74) is 6.46. The summed E-state index contributed by atoms with van der Waals surface area (Å²) in [6.45, 7) is 1.97. The van der Waals surface area contributed by atoms with Gasteiger partial charge in [0.25, 0.3) is 0 Å². The number of nitrogens with two attached hydrogens (primary N) is 1. The van der Waals surface area contributed by atoms with E-state index in [-0.39, 0.29) is 0 Å². The SMILES string of the molecule is NC(C1CCCN(Cc2ccccc2)C1)C(F)(F)F. The predicted octanol–water partition coefficient (Wildman–Crippen LogP) is 2.79. The fourth-order valence-corrected chi connectivity index (χ4v) is 2.64. The van der Waals surface area contributed by atoms with E-state index < -0.39 is 18.1 Å². The van der Waals surface area contributed by atoms with Crippen LogP contribution in [0.25, 0.3) is 0 Å². The molecule has 5 heteroatoms. The van der Waals surface area contributed by atoms with Crippen LogP contribution in [0.1, 0.15) is 18.4 Å². The topological polar surface area (TPSA) is 29.3 Å². The molecule has 1 saturated heterocycles. The van der Waals surface area contributed by atoms with Gasteiger partial charge in [-0.05, 0) is 30.9 Å². The zero-order chi connectivity index (χ0) is 13.9. The third kappa shape index (κ3) is 3.94. The van der Waals surface area contributed by atoms with Crippen LogP contribution in [0.5, 0.6) is 0 Å². The summed E-state index contributed by atoms with van der Waals surface area (Å²) in [5.74, 6) is -0.488. The highest BCUT2D eigenvalue weighted by Crippen LogP contribution is 2.29. The summed E-state index contributed by atoms with van der Waals surface area (Å²) in [6, 6.07) is 8.10. The second-order valence-corrected chi connectivity index (χ2v) is 5.19. The van der Waals surface area contributed by atoms with Crippen LogP contribution in [0.15, 0.2) is 30.3 Å². The van der Waals surface area contributed by atoms with E-state index in [1.807, 2.05) is 30.3 Å². The first-order valence-electron chi connectivity index (χ1n) is 6.55. The molecule has 2 rings (SSSR count). The molecule has 1 aliphatic heterocycles. The monoisotopic (exact) mass is 272 g/mol. The minimum absolute atomic E-state index is 0.426. The van der Waals surface area contributed by atoms with E-state index in [2.05, 4.69) is 4.90 Å². The summed E-state index contributed by atoms with van der Waals surface area (Å²) in [6.07, 6.45) is -2.95. The zero-order valence-electron chi connectivity index (χ0n) is 10.7. The second kappa shape index (κ2) is 5.92. The van der Waals surface area contributed by atoms with Crippen LogP contribution >= 0.6 is 0 Å². The van der Waals surface area contributed by atoms with Crippen molar-refractivity contribution in [2.75, 3.05) is 13.1 Å². The molecule has 2 atom stereocenters. The third-order valence-electron chi connectivity index (χ3n) is 3.68. The van der Waals surface area contributed by atoms with E-state index in [9.17, 15) is 13.2 Å². The lowest BCUT2D eigenvalue weighted by Crippen LogP contribution is -2.50. The van der Waals surface area contributed by atoms with Gasteiger partial charge in [-0.1, -0.05) is 30.3 Å². The summed E-state index contributed by atoms with van der Waals surface area (Å²) in [5, 5.41) is 0. The lowest BCUT2D eigenvalue weighted by molar-refractivity contribution is -0.163. The van der Waals surface area contributed by atoms with Crippen molar-refractivity contribution in [1.29, 1.82) is 0 Å². The summed E-state index contributed by atoms with van der Waals surface area (Å²) >= 11 is 0. The summed E-state index contributed by atoms with van der Waals surface area (Å²) < 4.78 is 37.9. The van der Waals surface area contributed by atoms with E-state index in [0.717, 1.165) is 18.5 Å². The predicted molar refractivity (Wildman–Crippen MR) is 68.5 cm³/mol. The molecular formula is C14H19F3N2. The van der Waals surface area contributed by atoms with Gasteiger partial charge in [0, 0.05) is 13.1 Å². The van der Waals surface area contributed by atoms with E-state index >= 15 is 0 Å². The van der Waals surface area contributed by atoms with E-state index in [1.165, 1.54) is 0 Å². The Bertz CT molecular complexity index is 391. The molecule has 2 unspecified atom stereocenters. The molecule has 1 aromatic rings. The maximum absolute atomic E-state index is 12.6. The van der Waals surface area contributed by atoms with Gasteiger partial charge in [-0.2, -0.15) is 13.2 Å². The van der Waals surface area contributed by atoms with E-state index in [4.69, 9.17) is 5.73 Å². The van der Waals surface area contributed by atoms with Gasteiger partial charge in [0.2, 0.25) is 0 Å². The molecular weight excluding hydrogens is 253 g/mol. The smallest absolute Gasteiger partial charge is 0.320 e. The highest BCUT2D eigenvalue weighted by Gasteiger charge is 2.42. The molecule has 1 heterocycles. The van der Waals surface area contributed by atoms with Crippen molar-refractivity contribution < 1.29 is 13.2 Å². The molecule has 0 spiro atoms. The number of benzene rings is 1. The van der Waals surface area contributed by atoms with Gasteiger partial charge < -0.3 is 5.73 Å². The minimum Gasteiger partial charge on any atom is -0.320 e. The highest BCUT2D eigenvalue weighted by molar-refractivity contribution is 5.14. The molecule has 0 bridgehead atoms. The van der Waals surface area contributed by atoms with Gasteiger partial charge in [0.05, 0.1) is 0 Å². The van der Waals surface area contributed by atoms with Gasteiger partial charge >= 0.3 is 6.18 Å². The second-order valence-electron chi connectivity index (χ2n) is 5.19. The van der Waals surface area contributed by atoms with Crippen molar-refractivity contribution in [2.45, 2.75) is 31.6 Å². The van der Waals surface area contributed by atoms with Crippen LogP contribution in [0.2, 0.25) is 0 Å². The van der Waals surface area contributed by atoms with Gasteiger partial charge in [0.1, 0.15) is 6.04 Å². The molecule has 0 saturated carbocycles. The Kier molecular flexibility index (Phi) is 4.47. The lowest BCUT2D eigenvalue weighted by atomic mass is 9.90. The average Bonchev–Trinajstić information content (AvgIpc) is 2.38. The van der Waals surface area contributed by atoms with Crippen LogP contribution in [0, 0.1) is 5.92 Å². The Labute approximate surface area is 111 Å². The molecule has 0 aromatic heterocycles. The normalized spacial score (nSPS) is 23.3. The number of hydrogen-bond donors (Lipinski definition) is 1. The maximum atomic E-state index is 12.6. The van der Waals surface area contributed by atoms with Crippen LogP contribution < -0.4 is 5.73 Å². The molecule has 2 N–H and O–H groups in total. The number of halogens is 3. The molecule has 1 aliphatic rings. The summed E-state index contributed by atoms with van der Waals surface area (Å²) in [7, 11) is 0. The first kappa shape index (κ1) is 14.3. The van der Waals surface area contributed by atoms with Crippen molar-refractivity contribution in [3.05, 3.63) is 35.9 Å². The highest BCUT2D eigenvalue weighted by atomic mass is 19.4. The van der Waals surface area contributed by atoms with Crippen LogP contribution in [-0.2, 0) is 6.54 Å². The Balaban J connectivity index is 1.94. The number of nitrogens with zero attached hydrogens (tertiary/aromatic N) is 1. The molecule has 0 amide bonds. The van der Waals surface area contributed by atoms with Crippen LogP contribution in [0.3, 0.4) is 0 Å². The average molecular weight is 272 g/mol. The fourth-order valence-electron chi connectivity index (χ4n) is 2.64. The van der Waals surface area contributed by atoms with Crippen molar-refractivity contribution >= 4 is 0 Å². The Morgan fingerprint density at radius 3 is 2.58 bits per heavy atom. The number of hydrogen-bond acceptors (Lipinski definition) is 2. The fraction of sp³-hybridized carbons (Fsp3) is 0.571. The van der Waals surface area contributed by atoms with Crippen molar-refractivity contribution in [3.8, 4) is 0 Å². The maximum Gasteiger partial charge on any atom is 0.403 e. The summed E-state index contributed by atoms with van der Waals surface area (Å²) in [4.78, 5) is 2.06. The molecule has 19 heavy (non-hydrogen) atoms. The molecule has 2 nitrogen and oxygen atoms in total. The number of alkyl halides is 3. The van der Waals surface area contributed by atoms with E-state index in [1.54, 1.807) is 0 Å². The Hall–Kier alpha value is -1.07. The van der Waals surface area contributed by atoms with Gasteiger partial charge in [0.15, 0.2) is 0 Å². The number of likely N-dealkylation sites (tertiary alicyclic amines) is 1. The van der Waals surface area contributed by atoms with Crippen LogP contribution in [-0.4, -0.2) is 30.2 Å². The van der Waals surface area contributed by atoms with Crippen molar-refractivity contribution in [2.24, 2.45) is 11.7 Å². The van der Waals surface area contributed by atoms with E-state index in [0.29, 0.717) is 19.5 Å². The molecule has 1 fully saturated rings. The molecule has 0 aliphatic carbocycles. The Morgan fingerprint density at radius 2 is 1.95 bits per heavy atom. The van der Waals surface area contributed by atoms with Crippen molar-refractivity contribution in [3.63, 3.8) is 0 Å². The lowest BCUT2D eigenvalue weighted by Gasteiger charge is -2.36. The molecule has 106 valence electrons. The minimum atomic E-state index is -4.29. The zero-order valence-corrected chi connectivity index (χ0v) is 10.7. The van der Waals surface area contributed by atoms with Crippen molar-refractivity contribution in [1.82, 2.24) is 4.90 Å². The number of rotatable bonds is 3.